The van der Waals surface area contributed by atoms with Crippen LogP contribution in [0.15, 0.2) is 30.5 Å². The molecular weight excluding hydrogens is 238 g/mol. The maximum absolute atomic E-state index is 10.6. The lowest BCUT2D eigenvalue weighted by molar-refractivity contribution is 0.213. The number of nitrogens with zero attached hydrogens (tertiary/aromatic N) is 1. The van der Waals surface area contributed by atoms with Crippen LogP contribution in [0.3, 0.4) is 0 Å². The maximum Gasteiger partial charge on any atom is 0.128 e. The van der Waals surface area contributed by atoms with E-state index in [1.165, 1.54) is 0 Å². The van der Waals surface area contributed by atoms with Gasteiger partial charge >= 0.3 is 0 Å². The summed E-state index contributed by atoms with van der Waals surface area (Å²) in [6.07, 6.45) is 1.01. The molecule has 100 valence electrons. The van der Waals surface area contributed by atoms with E-state index in [4.69, 9.17) is 4.74 Å². The summed E-state index contributed by atoms with van der Waals surface area (Å²) in [4.78, 5) is 4.22. The van der Waals surface area contributed by atoms with E-state index in [-0.39, 0.29) is 0 Å². The first kappa shape index (κ1) is 13.6. The molecule has 0 radical (unpaired) electrons. The zero-order chi connectivity index (χ0) is 14.0. The smallest absolute Gasteiger partial charge is 0.128 e. The van der Waals surface area contributed by atoms with Crippen LogP contribution in [0.5, 0.6) is 5.75 Å². The predicted octanol–water partition coefficient (Wildman–Crippen LogP) is 3.10. The summed E-state index contributed by atoms with van der Waals surface area (Å²) in [5.74, 6) is 0.746. The van der Waals surface area contributed by atoms with E-state index < -0.39 is 6.10 Å². The topological polar surface area (TPSA) is 42.4 Å². The average molecular weight is 257 g/mol. The van der Waals surface area contributed by atoms with Gasteiger partial charge in [0.05, 0.1) is 7.11 Å². The Kier molecular flexibility index (Phi) is 3.86. The Hall–Kier alpha value is -1.87. The van der Waals surface area contributed by atoms with Crippen LogP contribution in [0.25, 0.3) is 0 Å². The predicted molar refractivity (Wildman–Crippen MR) is 75.5 cm³/mol. The summed E-state index contributed by atoms with van der Waals surface area (Å²) in [7, 11) is 1.63. The molecule has 0 aliphatic heterocycles. The van der Waals surface area contributed by atoms with Crippen molar-refractivity contribution in [2.45, 2.75) is 26.9 Å². The van der Waals surface area contributed by atoms with Crippen LogP contribution in [0.4, 0.5) is 0 Å². The summed E-state index contributed by atoms with van der Waals surface area (Å²) in [6, 6.07) is 7.64. The highest BCUT2D eigenvalue weighted by atomic mass is 16.5. The number of hydrogen-bond acceptors (Lipinski definition) is 3. The van der Waals surface area contributed by atoms with Crippen molar-refractivity contribution >= 4 is 0 Å². The lowest BCUT2D eigenvalue weighted by atomic mass is 9.96. The molecule has 0 aliphatic carbocycles. The van der Waals surface area contributed by atoms with Gasteiger partial charge in [0.15, 0.2) is 0 Å². The van der Waals surface area contributed by atoms with Gasteiger partial charge in [-0.05, 0) is 38.0 Å². The molecule has 1 heterocycles. The van der Waals surface area contributed by atoms with E-state index in [0.717, 1.165) is 33.7 Å². The standard InChI is InChI=1S/C16H19NO2/c1-10-7-8-14(16(19-4)11(10)2)15(18)13-6-5-9-17-12(13)3/h5-9,15,18H,1-4H3. The Labute approximate surface area is 113 Å². The van der Waals surface area contributed by atoms with E-state index in [0.29, 0.717) is 0 Å². The van der Waals surface area contributed by atoms with Crippen LogP contribution >= 0.6 is 0 Å². The molecule has 3 nitrogen and oxygen atoms in total. The molecule has 2 rings (SSSR count). The first-order valence-electron chi connectivity index (χ1n) is 6.30. The zero-order valence-electron chi connectivity index (χ0n) is 11.8. The number of methoxy groups -OCH3 is 1. The quantitative estimate of drug-likeness (QED) is 0.918. The average Bonchev–Trinajstić information content (AvgIpc) is 2.41. The third-order valence-corrected chi connectivity index (χ3v) is 3.55. The molecule has 2 aromatic rings. The fourth-order valence-corrected chi connectivity index (χ4v) is 2.25. The number of benzene rings is 1. The van der Waals surface area contributed by atoms with E-state index in [1.807, 2.05) is 45.0 Å². The van der Waals surface area contributed by atoms with Crippen LogP contribution in [0, 0.1) is 20.8 Å². The molecule has 1 aromatic heterocycles. The fourth-order valence-electron chi connectivity index (χ4n) is 2.25. The highest BCUT2D eigenvalue weighted by Crippen LogP contribution is 2.34. The van der Waals surface area contributed by atoms with Crippen LogP contribution in [-0.2, 0) is 0 Å². The molecule has 3 heteroatoms. The maximum atomic E-state index is 10.6. The molecule has 19 heavy (non-hydrogen) atoms. The van der Waals surface area contributed by atoms with Gasteiger partial charge in [0, 0.05) is 23.0 Å². The van der Waals surface area contributed by atoms with Crippen LogP contribution in [-0.4, -0.2) is 17.2 Å². The van der Waals surface area contributed by atoms with Gasteiger partial charge in [0.25, 0.3) is 0 Å². The lowest BCUT2D eigenvalue weighted by Crippen LogP contribution is -2.06. The summed E-state index contributed by atoms with van der Waals surface area (Å²) in [6.45, 7) is 5.93. The minimum atomic E-state index is -0.719. The Morgan fingerprint density at radius 3 is 2.47 bits per heavy atom. The van der Waals surface area contributed by atoms with E-state index >= 15 is 0 Å². The van der Waals surface area contributed by atoms with Crippen LogP contribution < -0.4 is 4.74 Å². The van der Waals surface area contributed by atoms with Gasteiger partial charge in [-0.25, -0.2) is 0 Å². The molecule has 0 bridgehead atoms. The number of aryl methyl sites for hydroxylation is 2. The van der Waals surface area contributed by atoms with Crippen molar-refractivity contribution in [3.63, 3.8) is 0 Å². The molecule has 1 unspecified atom stereocenters. The lowest BCUT2D eigenvalue weighted by Gasteiger charge is -2.19. The molecule has 0 amide bonds. The summed E-state index contributed by atoms with van der Waals surface area (Å²) in [5.41, 5.74) is 4.62. The monoisotopic (exact) mass is 257 g/mol. The van der Waals surface area contributed by atoms with Crippen molar-refractivity contribution in [1.29, 1.82) is 0 Å². The minimum Gasteiger partial charge on any atom is -0.496 e. The summed E-state index contributed by atoms with van der Waals surface area (Å²) >= 11 is 0. The van der Waals surface area contributed by atoms with Crippen LogP contribution in [0.1, 0.15) is 34.1 Å². The number of pyridine rings is 1. The highest BCUT2D eigenvalue weighted by Gasteiger charge is 2.19. The number of ether oxygens (including phenoxy) is 1. The number of aromatic nitrogens is 1. The first-order chi connectivity index (χ1) is 9.06. The number of hydrogen-bond donors (Lipinski definition) is 1. The molecule has 0 fully saturated rings. The first-order valence-corrected chi connectivity index (χ1v) is 6.30. The Bertz CT molecular complexity index is 593. The molecule has 0 spiro atoms. The minimum absolute atomic E-state index is 0.719. The third kappa shape index (κ3) is 2.47. The largest absolute Gasteiger partial charge is 0.496 e. The molecule has 0 aliphatic rings. The number of aliphatic hydroxyl groups is 1. The van der Waals surface area contributed by atoms with Crippen molar-refractivity contribution in [2.75, 3.05) is 7.11 Å². The van der Waals surface area contributed by atoms with Gasteiger partial charge in [0.1, 0.15) is 11.9 Å². The van der Waals surface area contributed by atoms with Gasteiger partial charge in [0.2, 0.25) is 0 Å². The Morgan fingerprint density at radius 2 is 1.84 bits per heavy atom. The van der Waals surface area contributed by atoms with Gasteiger partial charge in [-0.2, -0.15) is 0 Å². The zero-order valence-corrected chi connectivity index (χ0v) is 11.8. The molecule has 0 saturated carbocycles. The Balaban J connectivity index is 2.53. The van der Waals surface area contributed by atoms with E-state index in [2.05, 4.69) is 4.98 Å². The molecule has 1 N–H and O–H groups in total. The second kappa shape index (κ2) is 5.41. The summed E-state index contributed by atoms with van der Waals surface area (Å²) < 4.78 is 5.46. The molecular formula is C16H19NO2. The highest BCUT2D eigenvalue weighted by molar-refractivity contribution is 5.49. The summed E-state index contributed by atoms with van der Waals surface area (Å²) in [5, 5.41) is 10.6. The van der Waals surface area contributed by atoms with Crippen molar-refractivity contribution in [3.05, 3.63) is 58.4 Å². The second-order valence-corrected chi connectivity index (χ2v) is 4.71. The molecule has 1 aromatic carbocycles. The van der Waals surface area contributed by atoms with Gasteiger partial charge in [-0.3, -0.25) is 4.98 Å². The number of rotatable bonds is 3. The van der Waals surface area contributed by atoms with Crippen molar-refractivity contribution in [1.82, 2.24) is 4.98 Å². The Morgan fingerprint density at radius 1 is 1.11 bits per heavy atom. The van der Waals surface area contributed by atoms with E-state index in [1.54, 1.807) is 13.3 Å². The molecule has 0 saturated heterocycles. The molecule has 1 atom stereocenters. The third-order valence-electron chi connectivity index (χ3n) is 3.55. The van der Waals surface area contributed by atoms with Crippen molar-refractivity contribution in [2.24, 2.45) is 0 Å². The van der Waals surface area contributed by atoms with Gasteiger partial charge in [-0.15, -0.1) is 0 Å². The van der Waals surface area contributed by atoms with Crippen molar-refractivity contribution < 1.29 is 9.84 Å². The number of aliphatic hydroxyl groups excluding tert-OH is 1. The second-order valence-electron chi connectivity index (χ2n) is 4.71. The van der Waals surface area contributed by atoms with Gasteiger partial charge < -0.3 is 9.84 Å². The van der Waals surface area contributed by atoms with E-state index in [9.17, 15) is 5.11 Å². The fraction of sp³-hybridized carbons (Fsp3) is 0.312. The SMILES string of the molecule is COc1c(C(O)c2cccnc2C)ccc(C)c1C. The van der Waals surface area contributed by atoms with Crippen molar-refractivity contribution in [3.8, 4) is 5.75 Å². The van der Waals surface area contributed by atoms with Crippen LogP contribution in [0.2, 0.25) is 0 Å². The van der Waals surface area contributed by atoms with Gasteiger partial charge in [-0.1, -0.05) is 18.2 Å². The normalized spacial score (nSPS) is 12.3.